The van der Waals surface area contributed by atoms with Gasteiger partial charge in [-0.05, 0) is 32.4 Å². The maximum atomic E-state index is 11.5. The Kier molecular flexibility index (Phi) is 4.51. The van der Waals surface area contributed by atoms with Crippen molar-refractivity contribution < 1.29 is 0 Å². The first kappa shape index (κ1) is 16.4. The van der Waals surface area contributed by atoms with Gasteiger partial charge in [-0.25, -0.2) is 9.97 Å². The molecule has 5 heteroatoms. The van der Waals surface area contributed by atoms with Crippen molar-refractivity contribution >= 4 is 11.2 Å². The molecule has 0 saturated heterocycles. The molecule has 24 heavy (non-hydrogen) atoms. The zero-order valence-electron chi connectivity index (χ0n) is 14.8. The van der Waals surface area contributed by atoms with Crippen molar-refractivity contribution in [1.82, 2.24) is 19.5 Å². The zero-order chi connectivity index (χ0) is 17.3. The molecule has 3 heterocycles. The van der Waals surface area contributed by atoms with Crippen LogP contribution >= 0.6 is 0 Å². The summed E-state index contributed by atoms with van der Waals surface area (Å²) in [5.41, 5.74) is 4.62. The van der Waals surface area contributed by atoms with E-state index in [0.29, 0.717) is 6.04 Å². The molecule has 0 fully saturated rings. The Balaban J connectivity index is 2.26. The van der Waals surface area contributed by atoms with Crippen molar-refractivity contribution in [2.75, 3.05) is 0 Å². The summed E-state index contributed by atoms with van der Waals surface area (Å²) in [5, 5.41) is 0. The predicted molar refractivity (Wildman–Crippen MR) is 97.3 cm³/mol. The average Bonchev–Trinajstić information content (AvgIpc) is 2.94. The molecule has 0 spiro atoms. The fourth-order valence-corrected chi connectivity index (χ4v) is 3.38. The van der Waals surface area contributed by atoms with E-state index in [-0.39, 0.29) is 5.56 Å². The summed E-state index contributed by atoms with van der Waals surface area (Å²) >= 11 is 0. The summed E-state index contributed by atoms with van der Waals surface area (Å²) in [5.74, 6) is 1.06. The minimum absolute atomic E-state index is 0.0853. The Morgan fingerprint density at radius 2 is 2.00 bits per heavy atom. The molecular weight excluding hydrogens is 300 g/mol. The van der Waals surface area contributed by atoms with Crippen molar-refractivity contribution in [3.8, 4) is 11.1 Å². The van der Waals surface area contributed by atoms with Crippen LogP contribution in [0.4, 0.5) is 0 Å². The van der Waals surface area contributed by atoms with E-state index in [9.17, 15) is 4.79 Å². The maximum absolute atomic E-state index is 11.5. The molecule has 3 rings (SSSR count). The summed E-state index contributed by atoms with van der Waals surface area (Å²) < 4.78 is 2.27. The van der Waals surface area contributed by atoms with Crippen LogP contribution in [0.25, 0.3) is 22.3 Å². The first-order chi connectivity index (χ1) is 11.6. The zero-order valence-corrected chi connectivity index (χ0v) is 14.8. The lowest BCUT2D eigenvalue weighted by atomic mass is 10.0. The number of H-pyrrole nitrogens is 1. The van der Waals surface area contributed by atoms with Gasteiger partial charge in [0, 0.05) is 41.5 Å². The van der Waals surface area contributed by atoms with Crippen molar-refractivity contribution in [3.05, 3.63) is 46.3 Å². The highest BCUT2D eigenvalue weighted by atomic mass is 16.1. The Labute approximate surface area is 141 Å². The quantitative estimate of drug-likeness (QED) is 0.771. The Hall–Kier alpha value is -2.43. The molecule has 0 bridgehead atoms. The Bertz CT molecular complexity index is 923. The van der Waals surface area contributed by atoms with Crippen molar-refractivity contribution in [3.63, 3.8) is 0 Å². The van der Waals surface area contributed by atoms with Gasteiger partial charge in [-0.2, -0.15) is 0 Å². The number of nitrogens with zero attached hydrogens (tertiary/aromatic N) is 3. The van der Waals surface area contributed by atoms with Crippen molar-refractivity contribution in [1.29, 1.82) is 0 Å². The topological polar surface area (TPSA) is 63.6 Å². The molecule has 3 aromatic heterocycles. The maximum Gasteiger partial charge on any atom is 0.248 e. The van der Waals surface area contributed by atoms with E-state index < -0.39 is 0 Å². The first-order valence-corrected chi connectivity index (χ1v) is 8.62. The van der Waals surface area contributed by atoms with Crippen LogP contribution in [0.5, 0.6) is 0 Å². The highest BCUT2D eigenvalue weighted by molar-refractivity contribution is 5.90. The number of fused-ring (bicyclic) bond motifs is 1. The number of aromatic amines is 1. The molecule has 0 aliphatic carbocycles. The van der Waals surface area contributed by atoms with Gasteiger partial charge < -0.3 is 9.55 Å². The minimum atomic E-state index is -0.0853. The van der Waals surface area contributed by atoms with Gasteiger partial charge in [0.05, 0.1) is 0 Å². The van der Waals surface area contributed by atoms with Gasteiger partial charge >= 0.3 is 0 Å². The van der Waals surface area contributed by atoms with Gasteiger partial charge in [0.1, 0.15) is 11.3 Å². The van der Waals surface area contributed by atoms with E-state index in [1.54, 1.807) is 6.07 Å². The smallest absolute Gasteiger partial charge is 0.248 e. The van der Waals surface area contributed by atoms with Gasteiger partial charge in [0.25, 0.3) is 0 Å². The van der Waals surface area contributed by atoms with Gasteiger partial charge in [0.15, 0.2) is 5.65 Å². The van der Waals surface area contributed by atoms with E-state index in [2.05, 4.69) is 35.3 Å². The highest BCUT2D eigenvalue weighted by Crippen LogP contribution is 2.31. The average molecular weight is 324 g/mol. The fraction of sp³-hybridized carbons (Fsp3) is 0.421. The van der Waals surface area contributed by atoms with E-state index in [4.69, 9.17) is 4.98 Å². The van der Waals surface area contributed by atoms with E-state index in [1.807, 2.05) is 25.3 Å². The van der Waals surface area contributed by atoms with Crippen LogP contribution in [0.3, 0.4) is 0 Å². The van der Waals surface area contributed by atoms with Crippen LogP contribution in [0, 0.1) is 6.92 Å². The summed E-state index contributed by atoms with van der Waals surface area (Å²) in [6, 6.07) is 5.77. The molecular formula is C19H24N4O. The van der Waals surface area contributed by atoms with Crippen LogP contribution in [-0.2, 0) is 6.42 Å². The summed E-state index contributed by atoms with van der Waals surface area (Å²) in [4.78, 5) is 23.9. The van der Waals surface area contributed by atoms with E-state index in [0.717, 1.165) is 53.1 Å². The van der Waals surface area contributed by atoms with Crippen LogP contribution in [0.2, 0.25) is 0 Å². The number of nitrogens with one attached hydrogen (secondary N) is 1. The van der Waals surface area contributed by atoms with Gasteiger partial charge in [0.2, 0.25) is 5.56 Å². The number of hydrogen-bond acceptors (Lipinski definition) is 3. The Morgan fingerprint density at radius 1 is 1.21 bits per heavy atom. The Morgan fingerprint density at radius 3 is 2.67 bits per heavy atom. The molecule has 0 aliphatic heterocycles. The summed E-state index contributed by atoms with van der Waals surface area (Å²) in [6.07, 6.45) is 4.93. The SMILES string of the molecule is CCCC(C)n1c(CC)nc2c(-c3ccc(=O)[nH]c3C)ccnc21. The largest absolute Gasteiger partial charge is 0.326 e. The fourth-order valence-electron chi connectivity index (χ4n) is 3.38. The predicted octanol–water partition coefficient (Wildman–Crippen LogP) is 4.02. The van der Waals surface area contributed by atoms with E-state index in [1.165, 1.54) is 0 Å². The number of pyridine rings is 2. The van der Waals surface area contributed by atoms with Crippen LogP contribution in [0.15, 0.2) is 29.2 Å². The van der Waals surface area contributed by atoms with Crippen LogP contribution < -0.4 is 5.56 Å². The molecule has 0 aliphatic rings. The standard InChI is InChI=1S/C19H24N4O/c1-5-7-12(3)23-16(6-2)22-18-15(10-11-20-19(18)23)14-8-9-17(24)21-13(14)4/h8-12H,5-7H2,1-4H3,(H,21,24). The molecule has 0 radical (unpaired) electrons. The van der Waals surface area contributed by atoms with Gasteiger partial charge in [-0.1, -0.05) is 20.3 Å². The molecule has 3 aromatic rings. The first-order valence-electron chi connectivity index (χ1n) is 8.62. The third kappa shape index (κ3) is 2.75. The molecule has 1 N–H and O–H groups in total. The monoisotopic (exact) mass is 324 g/mol. The summed E-state index contributed by atoms with van der Waals surface area (Å²) in [7, 11) is 0. The molecule has 0 saturated carbocycles. The molecule has 0 amide bonds. The third-order valence-corrected chi connectivity index (χ3v) is 4.52. The minimum Gasteiger partial charge on any atom is -0.326 e. The lowest BCUT2D eigenvalue weighted by Crippen LogP contribution is -2.09. The molecule has 5 nitrogen and oxygen atoms in total. The molecule has 1 unspecified atom stereocenters. The number of hydrogen-bond donors (Lipinski definition) is 1. The second-order valence-electron chi connectivity index (χ2n) is 6.28. The highest BCUT2D eigenvalue weighted by Gasteiger charge is 2.19. The lowest BCUT2D eigenvalue weighted by Gasteiger charge is -2.15. The van der Waals surface area contributed by atoms with Crippen molar-refractivity contribution in [2.24, 2.45) is 0 Å². The number of rotatable bonds is 5. The normalized spacial score (nSPS) is 12.7. The second kappa shape index (κ2) is 6.59. The van der Waals surface area contributed by atoms with Crippen LogP contribution in [0.1, 0.15) is 51.2 Å². The molecule has 1 atom stereocenters. The van der Waals surface area contributed by atoms with Gasteiger partial charge in [-0.3, -0.25) is 4.79 Å². The van der Waals surface area contributed by atoms with Crippen molar-refractivity contribution in [2.45, 2.75) is 53.0 Å². The van der Waals surface area contributed by atoms with Gasteiger partial charge in [-0.15, -0.1) is 0 Å². The lowest BCUT2D eigenvalue weighted by molar-refractivity contribution is 0.493. The van der Waals surface area contributed by atoms with E-state index >= 15 is 0 Å². The number of aryl methyl sites for hydroxylation is 2. The van der Waals surface area contributed by atoms with Crippen LogP contribution in [-0.4, -0.2) is 19.5 Å². The number of aromatic nitrogens is 4. The molecule has 0 aromatic carbocycles. The second-order valence-corrected chi connectivity index (χ2v) is 6.28. The third-order valence-electron chi connectivity index (χ3n) is 4.52. The number of imidazole rings is 1. The molecule has 126 valence electrons. The summed E-state index contributed by atoms with van der Waals surface area (Å²) in [6.45, 7) is 8.47.